The molecule has 0 spiro atoms. The quantitative estimate of drug-likeness (QED) is 0.624. The molecule has 2 heterocycles. The van der Waals surface area contributed by atoms with Gasteiger partial charge in [0.25, 0.3) is 5.91 Å². The van der Waals surface area contributed by atoms with Crippen molar-refractivity contribution in [3.05, 3.63) is 83.6 Å². The number of aliphatic carboxylic acids is 1. The molecule has 0 unspecified atom stereocenters. The standard InChI is InChI=1S/C25H21N3O5/c29-23(28-12-15(13-28)24(30)31)21-10-5-11-22(26-21)27-25(32)33-14-20-18-8-3-1-6-16(18)17-7-2-4-9-19(17)20/h1-11,15,20H,12-14H2,(H,30,31)(H,26,27,32). The predicted molar refractivity (Wildman–Crippen MR) is 120 cm³/mol. The molecule has 0 bridgehead atoms. The smallest absolute Gasteiger partial charge is 0.412 e. The number of nitrogens with zero attached hydrogens (tertiary/aromatic N) is 2. The summed E-state index contributed by atoms with van der Waals surface area (Å²) in [6.07, 6.45) is -0.663. The topological polar surface area (TPSA) is 109 Å². The Kier molecular flexibility index (Phi) is 5.26. The summed E-state index contributed by atoms with van der Waals surface area (Å²) in [5, 5.41) is 11.5. The number of hydrogen-bond acceptors (Lipinski definition) is 5. The summed E-state index contributed by atoms with van der Waals surface area (Å²) < 4.78 is 5.51. The van der Waals surface area contributed by atoms with Crippen LogP contribution in [0.25, 0.3) is 11.1 Å². The van der Waals surface area contributed by atoms with E-state index in [0.717, 1.165) is 22.3 Å². The molecule has 0 saturated carbocycles. The van der Waals surface area contributed by atoms with Crippen LogP contribution in [0.1, 0.15) is 27.5 Å². The van der Waals surface area contributed by atoms with Crippen LogP contribution in [0.4, 0.5) is 10.6 Å². The Balaban J connectivity index is 1.22. The average Bonchev–Trinajstić information content (AvgIpc) is 3.10. The number of rotatable bonds is 5. The number of anilines is 1. The second-order valence-corrected chi connectivity index (χ2v) is 8.10. The third kappa shape index (κ3) is 3.91. The summed E-state index contributed by atoms with van der Waals surface area (Å²) in [6, 6.07) is 20.9. The fourth-order valence-corrected chi connectivity index (χ4v) is 4.33. The Hall–Kier alpha value is -4.20. The summed E-state index contributed by atoms with van der Waals surface area (Å²) >= 11 is 0. The molecule has 2 N–H and O–H groups in total. The maximum atomic E-state index is 12.5. The molecule has 1 fully saturated rings. The first-order valence-electron chi connectivity index (χ1n) is 10.6. The van der Waals surface area contributed by atoms with Crippen molar-refractivity contribution in [2.45, 2.75) is 5.92 Å². The van der Waals surface area contributed by atoms with Gasteiger partial charge in [0.15, 0.2) is 0 Å². The average molecular weight is 443 g/mol. The van der Waals surface area contributed by atoms with Crippen molar-refractivity contribution in [1.29, 1.82) is 0 Å². The van der Waals surface area contributed by atoms with Crippen LogP contribution in [0.15, 0.2) is 66.7 Å². The lowest BCUT2D eigenvalue weighted by molar-refractivity contribution is -0.146. The van der Waals surface area contributed by atoms with Gasteiger partial charge in [0.05, 0.1) is 5.92 Å². The number of likely N-dealkylation sites (tertiary alicyclic amines) is 1. The Bertz CT molecular complexity index is 1210. The molecule has 0 atom stereocenters. The molecule has 1 saturated heterocycles. The van der Waals surface area contributed by atoms with Gasteiger partial charge in [-0.2, -0.15) is 0 Å². The molecular formula is C25H21N3O5. The van der Waals surface area contributed by atoms with E-state index in [1.165, 1.54) is 11.0 Å². The van der Waals surface area contributed by atoms with Gasteiger partial charge in [0, 0.05) is 19.0 Å². The Morgan fingerprint density at radius 1 is 0.939 bits per heavy atom. The van der Waals surface area contributed by atoms with Gasteiger partial charge in [-0.05, 0) is 34.4 Å². The minimum Gasteiger partial charge on any atom is -0.481 e. The second kappa shape index (κ2) is 8.38. The number of amides is 2. The third-order valence-corrected chi connectivity index (χ3v) is 6.06. The Morgan fingerprint density at radius 3 is 2.21 bits per heavy atom. The van der Waals surface area contributed by atoms with Gasteiger partial charge in [-0.25, -0.2) is 9.78 Å². The van der Waals surface area contributed by atoms with Crippen LogP contribution in [0.2, 0.25) is 0 Å². The van der Waals surface area contributed by atoms with Crippen molar-refractivity contribution in [2.24, 2.45) is 5.92 Å². The first kappa shape index (κ1) is 20.7. The first-order chi connectivity index (χ1) is 16.0. The fraction of sp³-hybridized carbons (Fsp3) is 0.200. The largest absolute Gasteiger partial charge is 0.481 e. The zero-order chi connectivity index (χ0) is 22.9. The molecule has 8 nitrogen and oxygen atoms in total. The van der Waals surface area contributed by atoms with E-state index < -0.39 is 18.0 Å². The van der Waals surface area contributed by atoms with E-state index in [1.54, 1.807) is 12.1 Å². The van der Waals surface area contributed by atoms with Crippen molar-refractivity contribution in [1.82, 2.24) is 9.88 Å². The fourth-order valence-electron chi connectivity index (χ4n) is 4.33. The number of benzene rings is 2. The van der Waals surface area contributed by atoms with Crippen LogP contribution >= 0.6 is 0 Å². The number of carbonyl (C=O) groups excluding carboxylic acids is 2. The lowest BCUT2D eigenvalue weighted by Crippen LogP contribution is -2.53. The monoisotopic (exact) mass is 443 g/mol. The zero-order valence-corrected chi connectivity index (χ0v) is 17.6. The van der Waals surface area contributed by atoms with Crippen LogP contribution < -0.4 is 5.32 Å². The number of aromatic nitrogens is 1. The van der Waals surface area contributed by atoms with Crippen molar-refractivity contribution < 1.29 is 24.2 Å². The maximum Gasteiger partial charge on any atom is 0.412 e. The molecule has 3 aromatic rings. The van der Waals surface area contributed by atoms with E-state index in [4.69, 9.17) is 9.84 Å². The molecule has 1 aliphatic carbocycles. The number of hydrogen-bond donors (Lipinski definition) is 2. The van der Waals surface area contributed by atoms with Gasteiger partial charge in [0.2, 0.25) is 0 Å². The van der Waals surface area contributed by atoms with Crippen molar-refractivity contribution in [2.75, 3.05) is 25.0 Å². The van der Waals surface area contributed by atoms with Gasteiger partial charge < -0.3 is 14.7 Å². The molecule has 33 heavy (non-hydrogen) atoms. The highest BCUT2D eigenvalue weighted by atomic mass is 16.5. The van der Waals surface area contributed by atoms with E-state index in [2.05, 4.69) is 22.4 Å². The molecule has 8 heteroatoms. The molecule has 166 valence electrons. The van der Waals surface area contributed by atoms with E-state index in [1.807, 2.05) is 36.4 Å². The molecule has 2 amide bonds. The van der Waals surface area contributed by atoms with E-state index in [9.17, 15) is 14.4 Å². The number of nitrogens with one attached hydrogen (secondary N) is 1. The summed E-state index contributed by atoms with van der Waals surface area (Å²) in [6.45, 7) is 0.475. The highest BCUT2D eigenvalue weighted by Crippen LogP contribution is 2.44. The summed E-state index contributed by atoms with van der Waals surface area (Å²) in [5.74, 6) is -1.71. The maximum absolute atomic E-state index is 12.5. The molecule has 0 radical (unpaired) electrons. The predicted octanol–water partition coefficient (Wildman–Crippen LogP) is 3.60. The first-order valence-corrected chi connectivity index (χ1v) is 10.6. The molecule has 1 aromatic heterocycles. The number of ether oxygens (including phenoxy) is 1. The van der Waals surface area contributed by atoms with E-state index >= 15 is 0 Å². The molecule has 2 aromatic carbocycles. The van der Waals surface area contributed by atoms with Gasteiger partial charge in [-0.1, -0.05) is 54.6 Å². The van der Waals surface area contributed by atoms with Crippen LogP contribution in [-0.4, -0.2) is 52.7 Å². The number of pyridine rings is 1. The van der Waals surface area contributed by atoms with Crippen LogP contribution in [-0.2, 0) is 9.53 Å². The minimum atomic E-state index is -0.919. The summed E-state index contributed by atoms with van der Waals surface area (Å²) in [7, 11) is 0. The van der Waals surface area contributed by atoms with Crippen LogP contribution in [0.5, 0.6) is 0 Å². The SMILES string of the molecule is O=C(Nc1cccc(C(=O)N2CC(C(=O)O)C2)n1)OCC1c2ccccc2-c2ccccc21. The second-order valence-electron chi connectivity index (χ2n) is 8.10. The van der Waals surface area contributed by atoms with Crippen molar-refractivity contribution in [3.8, 4) is 11.1 Å². The molecule has 1 aliphatic heterocycles. The highest BCUT2D eigenvalue weighted by molar-refractivity contribution is 5.94. The number of carboxylic acid groups (broad SMARTS) is 1. The van der Waals surface area contributed by atoms with Gasteiger partial charge >= 0.3 is 12.1 Å². The van der Waals surface area contributed by atoms with Crippen LogP contribution in [0, 0.1) is 5.92 Å². The minimum absolute atomic E-state index is 0.0578. The van der Waals surface area contributed by atoms with Crippen molar-refractivity contribution >= 4 is 23.8 Å². The highest BCUT2D eigenvalue weighted by Gasteiger charge is 2.36. The summed E-state index contributed by atoms with van der Waals surface area (Å²) in [4.78, 5) is 41.5. The number of carbonyl (C=O) groups is 3. The summed E-state index contributed by atoms with van der Waals surface area (Å²) in [5.41, 5.74) is 4.66. The third-order valence-electron chi connectivity index (χ3n) is 6.06. The molecule has 5 rings (SSSR count). The van der Waals surface area contributed by atoms with Gasteiger partial charge in [0.1, 0.15) is 18.1 Å². The zero-order valence-electron chi connectivity index (χ0n) is 17.6. The lowest BCUT2D eigenvalue weighted by atomic mass is 9.98. The number of fused-ring (bicyclic) bond motifs is 3. The van der Waals surface area contributed by atoms with Crippen LogP contribution in [0.3, 0.4) is 0 Å². The molecule has 2 aliphatic rings. The molecular weight excluding hydrogens is 422 g/mol. The van der Waals surface area contributed by atoms with Gasteiger partial charge in [-0.15, -0.1) is 0 Å². The normalized spacial score (nSPS) is 14.7. The van der Waals surface area contributed by atoms with Gasteiger partial charge in [-0.3, -0.25) is 14.9 Å². The van der Waals surface area contributed by atoms with E-state index in [0.29, 0.717) is 0 Å². The lowest BCUT2D eigenvalue weighted by Gasteiger charge is -2.36. The Labute approximate surface area is 189 Å². The van der Waals surface area contributed by atoms with E-state index in [-0.39, 0.29) is 43.0 Å². The van der Waals surface area contributed by atoms with Crippen molar-refractivity contribution in [3.63, 3.8) is 0 Å². The number of carboxylic acids is 1. The Morgan fingerprint density at radius 2 is 1.58 bits per heavy atom.